The minimum Gasteiger partial charge on any atom is -0.398 e. The molecule has 0 aromatic heterocycles. The van der Waals surface area contributed by atoms with E-state index in [4.69, 9.17) is 5.73 Å². The molecule has 1 aliphatic rings. The van der Waals surface area contributed by atoms with Crippen molar-refractivity contribution in [1.29, 1.82) is 0 Å². The first-order chi connectivity index (χ1) is 9.35. The van der Waals surface area contributed by atoms with Crippen LogP contribution >= 0.6 is 15.9 Å². The second kappa shape index (κ2) is 6.32. The van der Waals surface area contributed by atoms with Crippen LogP contribution in [-0.2, 0) is 6.54 Å². The van der Waals surface area contributed by atoms with Gasteiger partial charge in [-0.15, -0.1) is 0 Å². The van der Waals surface area contributed by atoms with Crippen LogP contribution in [0.1, 0.15) is 5.56 Å². The molecule has 0 bridgehead atoms. The fourth-order valence-corrected chi connectivity index (χ4v) is 2.71. The number of anilines is 1. The molecule has 0 unspecified atom stereocenters. The Morgan fingerprint density at radius 3 is 2.30 bits per heavy atom. The Kier molecular flexibility index (Phi) is 4.93. The van der Waals surface area contributed by atoms with Crippen LogP contribution in [0, 0.1) is 0 Å². The van der Waals surface area contributed by atoms with Crippen LogP contribution in [0.5, 0.6) is 0 Å². The minimum atomic E-state index is -4.11. The summed E-state index contributed by atoms with van der Waals surface area (Å²) in [5.41, 5.74) is 7.56. The van der Waals surface area contributed by atoms with E-state index in [9.17, 15) is 13.2 Å². The summed E-state index contributed by atoms with van der Waals surface area (Å²) in [7, 11) is 0. The molecular weight excluding hydrogens is 335 g/mol. The third-order valence-corrected chi connectivity index (χ3v) is 4.34. The molecule has 0 saturated carbocycles. The molecule has 1 aromatic rings. The molecule has 2 rings (SSSR count). The van der Waals surface area contributed by atoms with E-state index in [-0.39, 0.29) is 0 Å². The van der Waals surface area contributed by atoms with Crippen molar-refractivity contribution in [3.8, 4) is 0 Å². The summed E-state index contributed by atoms with van der Waals surface area (Å²) < 4.78 is 37.8. The fourth-order valence-electron chi connectivity index (χ4n) is 2.32. The van der Waals surface area contributed by atoms with Gasteiger partial charge in [-0.25, -0.2) is 0 Å². The van der Waals surface area contributed by atoms with Crippen molar-refractivity contribution < 1.29 is 13.2 Å². The Labute approximate surface area is 124 Å². The topological polar surface area (TPSA) is 32.5 Å². The molecule has 0 aliphatic carbocycles. The minimum absolute atomic E-state index is 0.444. The summed E-state index contributed by atoms with van der Waals surface area (Å²) in [4.78, 5) is 3.59. The molecule has 112 valence electrons. The average molecular weight is 352 g/mol. The number of nitrogens with two attached hydrogens (primary N) is 1. The summed E-state index contributed by atoms with van der Waals surface area (Å²) in [6.07, 6.45) is -4.11. The zero-order valence-corrected chi connectivity index (χ0v) is 12.5. The number of benzene rings is 1. The SMILES string of the molecule is Nc1cccc(CN2CCN(CC(F)(F)F)CC2)c1Br. The Morgan fingerprint density at radius 1 is 1.10 bits per heavy atom. The quantitative estimate of drug-likeness (QED) is 0.850. The number of nitrogen functional groups attached to an aromatic ring is 1. The zero-order valence-electron chi connectivity index (χ0n) is 11.0. The summed E-state index contributed by atoms with van der Waals surface area (Å²) in [5, 5.41) is 0. The van der Waals surface area contributed by atoms with Gasteiger partial charge in [-0.1, -0.05) is 12.1 Å². The van der Waals surface area contributed by atoms with Crippen molar-refractivity contribution in [3.63, 3.8) is 0 Å². The molecule has 1 fully saturated rings. The maximum absolute atomic E-state index is 12.3. The van der Waals surface area contributed by atoms with E-state index in [1.807, 2.05) is 18.2 Å². The number of hydrogen-bond donors (Lipinski definition) is 1. The number of halogens is 4. The second-order valence-electron chi connectivity index (χ2n) is 4.99. The van der Waals surface area contributed by atoms with Crippen molar-refractivity contribution in [3.05, 3.63) is 28.2 Å². The highest BCUT2D eigenvalue weighted by Crippen LogP contribution is 2.25. The van der Waals surface area contributed by atoms with Crippen LogP contribution in [-0.4, -0.2) is 48.7 Å². The smallest absolute Gasteiger partial charge is 0.398 e. The van der Waals surface area contributed by atoms with Gasteiger partial charge in [0, 0.05) is 42.9 Å². The van der Waals surface area contributed by atoms with Gasteiger partial charge in [-0.2, -0.15) is 13.2 Å². The number of piperazine rings is 1. The molecule has 20 heavy (non-hydrogen) atoms. The second-order valence-corrected chi connectivity index (χ2v) is 5.78. The number of rotatable bonds is 3. The van der Waals surface area contributed by atoms with Gasteiger partial charge >= 0.3 is 6.18 Å². The molecule has 1 aromatic carbocycles. The Hall–Kier alpha value is -0.790. The summed E-state index contributed by atoms with van der Waals surface area (Å²) in [5.74, 6) is 0. The van der Waals surface area contributed by atoms with Crippen LogP contribution in [0.4, 0.5) is 18.9 Å². The predicted octanol–water partition coefficient (Wildman–Crippen LogP) is 2.71. The van der Waals surface area contributed by atoms with Gasteiger partial charge in [0.2, 0.25) is 0 Å². The van der Waals surface area contributed by atoms with Crippen LogP contribution in [0.3, 0.4) is 0 Å². The van der Waals surface area contributed by atoms with Crippen molar-refractivity contribution in [2.45, 2.75) is 12.7 Å². The molecule has 0 atom stereocenters. The lowest BCUT2D eigenvalue weighted by Gasteiger charge is -2.35. The predicted molar refractivity (Wildman–Crippen MR) is 76.3 cm³/mol. The van der Waals surface area contributed by atoms with Gasteiger partial charge in [-0.05, 0) is 27.6 Å². The van der Waals surface area contributed by atoms with Crippen molar-refractivity contribution in [1.82, 2.24) is 9.80 Å². The maximum Gasteiger partial charge on any atom is 0.401 e. The van der Waals surface area contributed by atoms with Crippen molar-refractivity contribution >= 4 is 21.6 Å². The van der Waals surface area contributed by atoms with E-state index < -0.39 is 12.7 Å². The van der Waals surface area contributed by atoms with Gasteiger partial charge in [0.05, 0.1) is 6.54 Å². The monoisotopic (exact) mass is 351 g/mol. The third-order valence-electron chi connectivity index (χ3n) is 3.37. The summed E-state index contributed by atoms with van der Waals surface area (Å²) in [6, 6.07) is 5.67. The van der Waals surface area contributed by atoms with Crippen molar-refractivity contribution in [2.24, 2.45) is 0 Å². The van der Waals surface area contributed by atoms with Crippen LogP contribution < -0.4 is 5.73 Å². The number of hydrogen-bond acceptors (Lipinski definition) is 3. The normalized spacial score (nSPS) is 18.4. The first kappa shape index (κ1) is 15.6. The first-order valence-corrected chi connectivity index (χ1v) is 7.19. The highest BCUT2D eigenvalue weighted by atomic mass is 79.9. The Balaban J connectivity index is 1.87. The highest BCUT2D eigenvalue weighted by molar-refractivity contribution is 9.10. The molecule has 7 heteroatoms. The van der Waals surface area contributed by atoms with Gasteiger partial charge < -0.3 is 5.73 Å². The summed E-state index contributed by atoms with van der Waals surface area (Å²) in [6.45, 7) is 2.04. The molecule has 1 saturated heterocycles. The van der Waals surface area contributed by atoms with E-state index in [2.05, 4.69) is 20.8 Å². The standard InChI is InChI=1S/C13H17BrF3N3/c14-12-10(2-1-3-11(12)18)8-19-4-6-20(7-5-19)9-13(15,16)17/h1-3H,4-9,18H2. The Bertz CT molecular complexity index is 457. The van der Waals surface area contributed by atoms with Crippen LogP contribution in [0.2, 0.25) is 0 Å². The molecule has 0 radical (unpaired) electrons. The third kappa shape index (κ3) is 4.36. The highest BCUT2D eigenvalue weighted by Gasteiger charge is 2.32. The molecule has 0 amide bonds. The van der Waals surface area contributed by atoms with Gasteiger partial charge in [0.15, 0.2) is 0 Å². The van der Waals surface area contributed by atoms with Gasteiger partial charge in [0.1, 0.15) is 0 Å². The van der Waals surface area contributed by atoms with E-state index in [0.29, 0.717) is 38.4 Å². The fraction of sp³-hybridized carbons (Fsp3) is 0.538. The Morgan fingerprint density at radius 2 is 1.70 bits per heavy atom. The van der Waals surface area contributed by atoms with Crippen LogP contribution in [0.25, 0.3) is 0 Å². The molecule has 2 N–H and O–H groups in total. The molecular formula is C13H17BrF3N3. The lowest BCUT2D eigenvalue weighted by molar-refractivity contribution is -0.149. The lowest BCUT2D eigenvalue weighted by atomic mass is 10.1. The molecule has 1 heterocycles. The number of nitrogens with zero attached hydrogens (tertiary/aromatic N) is 2. The van der Waals surface area contributed by atoms with Gasteiger partial charge in [-0.3, -0.25) is 9.80 Å². The lowest BCUT2D eigenvalue weighted by Crippen LogP contribution is -2.48. The van der Waals surface area contributed by atoms with Gasteiger partial charge in [0.25, 0.3) is 0 Å². The van der Waals surface area contributed by atoms with E-state index in [0.717, 1.165) is 10.0 Å². The molecule has 3 nitrogen and oxygen atoms in total. The molecule has 0 spiro atoms. The largest absolute Gasteiger partial charge is 0.401 e. The maximum atomic E-state index is 12.3. The van der Waals surface area contributed by atoms with Crippen LogP contribution in [0.15, 0.2) is 22.7 Å². The van der Waals surface area contributed by atoms with E-state index >= 15 is 0 Å². The number of alkyl halides is 3. The van der Waals surface area contributed by atoms with E-state index in [1.54, 1.807) is 0 Å². The molecule has 1 aliphatic heterocycles. The first-order valence-electron chi connectivity index (χ1n) is 6.39. The van der Waals surface area contributed by atoms with Crippen molar-refractivity contribution in [2.75, 3.05) is 38.5 Å². The average Bonchev–Trinajstić information content (AvgIpc) is 2.35. The zero-order chi connectivity index (χ0) is 14.8. The van der Waals surface area contributed by atoms with E-state index in [1.165, 1.54) is 4.90 Å². The summed E-state index contributed by atoms with van der Waals surface area (Å²) >= 11 is 3.45.